The smallest absolute Gasteiger partial charge is 0.272 e. The van der Waals surface area contributed by atoms with Crippen LogP contribution in [-0.2, 0) is 0 Å². The van der Waals surface area contributed by atoms with Crippen LogP contribution in [0.1, 0.15) is 29.1 Å². The lowest BCUT2D eigenvalue weighted by molar-refractivity contribution is 0.0735. The minimum Gasteiger partial charge on any atom is -0.350 e. The molecule has 2 N–H and O–H groups in total. The summed E-state index contributed by atoms with van der Waals surface area (Å²) in [5.41, 5.74) is -0.250. The van der Waals surface area contributed by atoms with E-state index in [4.69, 9.17) is 0 Å². The molecule has 0 fully saturated rings. The van der Waals surface area contributed by atoms with E-state index in [-0.39, 0.29) is 27.7 Å². The van der Waals surface area contributed by atoms with Crippen molar-refractivity contribution in [2.45, 2.75) is 13.0 Å². The highest BCUT2D eigenvalue weighted by atomic mass is 19.2. The van der Waals surface area contributed by atoms with Gasteiger partial charge >= 0.3 is 0 Å². The fraction of sp³-hybridized carbons (Fsp3) is 0.150. The molecule has 1 amide bonds. The normalized spacial score (nSPS) is 12.5. The van der Waals surface area contributed by atoms with Crippen molar-refractivity contribution in [3.63, 3.8) is 0 Å². The van der Waals surface area contributed by atoms with E-state index < -0.39 is 40.8 Å². The quantitative estimate of drug-likeness (QED) is 0.497. The number of carbonyl (C=O) groups excluding carboxylic acids is 1. The number of nitrogens with one attached hydrogen (secondary N) is 2. The number of aromatic amines is 2. The maximum absolute atomic E-state index is 13.8. The van der Waals surface area contributed by atoms with Crippen LogP contribution < -0.4 is 5.56 Å². The molecule has 30 heavy (non-hydrogen) atoms. The number of rotatable bonds is 3. The van der Waals surface area contributed by atoms with Gasteiger partial charge in [-0.25, -0.2) is 22.7 Å². The van der Waals surface area contributed by atoms with Crippen molar-refractivity contribution in [2.75, 3.05) is 7.05 Å². The molecular formula is C20H14F4N4O2. The van der Waals surface area contributed by atoms with Crippen molar-refractivity contribution in [3.05, 3.63) is 75.3 Å². The van der Waals surface area contributed by atoms with E-state index in [0.717, 1.165) is 24.3 Å². The zero-order valence-electron chi connectivity index (χ0n) is 15.7. The summed E-state index contributed by atoms with van der Waals surface area (Å²) in [5, 5.41) is 6.39. The molecule has 0 aliphatic carbocycles. The first-order chi connectivity index (χ1) is 14.2. The Morgan fingerprint density at radius 3 is 2.27 bits per heavy atom. The molecule has 0 bridgehead atoms. The third-order valence-electron chi connectivity index (χ3n) is 5.05. The second-order valence-corrected chi connectivity index (χ2v) is 6.88. The van der Waals surface area contributed by atoms with Gasteiger partial charge in [0.2, 0.25) is 0 Å². The molecule has 0 aliphatic rings. The number of halogens is 4. The van der Waals surface area contributed by atoms with Gasteiger partial charge in [0.15, 0.2) is 23.3 Å². The first-order valence-electron chi connectivity index (χ1n) is 8.79. The van der Waals surface area contributed by atoms with Crippen molar-refractivity contribution >= 4 is 27.6 Å². The van der Waals surface area contributed by atoms with E-state index >= 15 is 0 Å². The highest BCUT2D eigenvalue weighted by Gasteiger charge is 2.25. The molecule has 10 heteroatoms. The van der Waals surface area contributed by atoms with Gasteiger partial charge in [-0.3, -0.25) is 9.59 Å². The van der Waals surface area contributed by atoms with Crippen molar-refractivity contribution in [2.24, 2.45) is 0 Å². The van der Waals surface area contributed by atoms with Gasteiger partial charge in [0.05, 0.1) is 17.1 Å². The Kier molecular flexibility index (Phi) is 4.56. The molecule has 2 aromatic heterocycles. The topological polar surface area (TPSA) is 81.8 Å². The summed E-state index contributed by atoms with van der Waals surface area (Å²) >= 11 is 0. The summed E-state index contributed by atoms with van der Waals surface area (Å²) < 4.78 is 54.2. The predicted octanol–water partition coefficient (Wildman–Crippen LogP) is 3.79. The van der Waals surface area contributed by atoms with Gasteiger partial charge in [0, 0.05) is 29.4 Å². The number of hydrogen-bond donors (Lipinski definition) is 2. The average Bonchev–Trinajstić information content (AvgIpc) is 3.11. The van der Waals surface area contributed by atoms with Gasteiger partial charge in [-0.05, 0) is 31.2 Å². The number of H-pyrrole nitrogens is 2. The van der Waals surface area contributed by atoms with Crippen LogP contribution in [0.4, 0.5) is 17.6 Å². The lowest BCUT2D eigenvalue weighted by Gasteiger charge is -2.24. The number of aromatic nitrogens is 3. The predicted molar refractivity (Wildman–Crippen MR) is 101 cm³/mol. The molecule has 0 saturated carbocycles. The Morgan fingerprint density at radius 1 is 0.967 bits per heavy atom. The largest absolute Gasteiger partial charge is 0.350 e. The number of carbonyl (C=O) groups is 1. The summed E-state index contributed by atoms with van der Waals surface area (Å²) in [6.07, 6.45) is 0. The Labute approximate surface area is 166 Å². The molecule has 6 nitrogen and oxygen atoms in total. The Hall–Kier alpha value is -3.69. The monoisotopic (exact) mass is 418 g/mol. The van der Waals surface area contributed by atoms with Gasteiger partial charge < -0.3 is 9.88 Å². The standard InChI is InChI=1S/C20H14F4N4O2/c1-8(18-10-5-13(22)14(23)6-11(10)19(29)27-26-18)28(2)20(30)17-4-9-3-12(21)15(24)7-16(9)25-17/h3-8,25H,1-2H3,(H,27,29)/t8-/m0/s1. The maximum Gasteiger partial charge on any atom is 0.272 e. The van der Waals surface area contributed by atoms with Crippen molar-refractivity contribution in [3.8, 4) is 0 Å². The van der Waals surface area contributed by atoms with E-state index in [0.29, 0.717) is 5.39 Å². The molecule has 0 unspecified atom stereocenters. The maximum atomic E-state index is 13.8. The van der Waals surface area contributed by atoms with Crippen LogP contribution in [0.5, 0.6) is 0 Å². The number of fused-ring (bicyclic) bond motifs is 2. The molecule has 0 radical (unpaired) electrons. The fourth-order valence-corrected chi connectivity index (χ4v) is 3.29. The number of hydrogen-bond acceptors (Lipinski definition) is 3. The lowest BCUT2D eigenvalue weighted by atomic mass is 10.1. The number of nitrogens with zero attached hydrogens (tertiary/aromatic N) is 2. The summed E-state index contributed by atoms with van der Waals surface area (Å²) in [7, 11) is 1.44. The van der Waals surface area contributed by atoms with Crippen LogP contribution in [0.2, 0.25) is 0 Å². The molecule has 154 valence electrons. The Bertz CT molecular complexity index is 1340. The van der Waals surface area contributed by atoms with E-state index in [9.17, 15) is 27.2 Å². The lowest BCUT2D eigenvalue weighted by Crippen LogP contribution is -2.31. The van der Waals surface area contributed by atoms with Gasteiger partial charge in [0.1, 0.15) is 5.69 Å². The highest BCUT2D eigenvalue weighted by molar-refractivity contribution is 5.98. The Balaban J connectivity index is 1.74. The Morgan fingerprint density at radius 2 is 1.57 bits per heavy atom. The summed E-state index contributed by atoms with van der Waals surface area (Å²) in [5.74, 6) is -4.97. The fourth-order valence-electron chi connectivity index (χ4n) is 3.29. The molecule has 4 rings (SSSR count). The molecule has 2 aromatic carbocycles. The van der Waals surface area contributed by atoms with Crippen LogP contribution in [0.3, 0.4) is 0 Å². The minimum atomic E-state index is -1.18. The summed E-state index contributed by atoms with van der Waals surface area (Å²) in [6.45, 7) is 1.58. The van der Waals surface area contributed by atoms with Crippen LogP contribution in [0.25, 0.3) is 21.7 Å². The van der Waals surface area contributed by atoms with E-state index in [1.165, 1.54) is 18.0 Å². The molecule has 4 aromatic rings. The van der Waals surface area contributed by atoms with Crippen molar-refractivity contribution in [1.82, 2.24) is 20.1 Å². The van der Waals surface area contributed by atoms with Crippen LogP contribution in [-0.4, -0.2) is 33.0 Å². The van der Waals surface area contributed by atoms with Gasteiger partial charge in [-0.15, -0.1) is 0 Å². The number of amides is 1. The van der Waals surface area contributed by atoms with Crippen LogP contribution >= 0.6 is 0 Å². The average molecular weight is 418 g/mol. The first kappa shape index (κ1) is 19.6. The third-order valence-corrected chi connectivity index (χ3v) is 5.05. The van der Waals surface area contributed by atoms with E-state index in [1.807, 2.05) is 0 Å². The zero-order valence-corrected chi connectivity index (χ0v) is 15.7. The van der Waals surface area contributed by atoms with Gasteiger partial charge in [-0.1, -0.05) is 0 Å². The van der Waals surface area contributed by atoms with E-state index in [2.05, 4.69) is 15.2 Å². The summed E-state index contributed by atoms with van der Waals surface area (Å²) in [6, 6.07) is 4.14. The molecular weight excluding hydrogens is 404 g/mol. The molecule has 0 aliphatic heterocycles. The van der Waals surface area contributed by atoms with Crippen LogP contribution in [0.15, 0.2) is 35.1 Å². The first-order valence-corrected chi connectivity index (χ1v) is 8.79. The van der Waals surface area contributed by atoms with Crippen LogP contribution in [0, 0.1) is 23.3 Å². The zero-order chi connectivity index (χ0) is 21.7. The van der Waals surface area contributed by atoms with Gasteiger partial charge in [0.25, 0.3) is 11.5 Å². The highest BCUT2D eigenvalue weighted by Crippen LogP contribution is 2.27. The molecule has 2 heterocycles. The van der Waals surface area contributed by atoms with Crippen molar-refractivity contribution in [1.29, 1.82) is 0 Å². The van der Waals surface area contributed by atoms with E-state index in [1.54, 1.807) is 6.92 Å². The third kappa shape index (κ3) is 3.10. The second kappa shape index (κ2) is 6.97. The second-order valence-electron chi connectivity index (χ2n) is 6.88. The molecule has 1 atom stereocenters. The number of benzene rings is 2. The molecule has 0 spiro atoms. The summed E-state index contributed by atoms with van der Waals surface area (Å²) in [4.78, 5) is 28.8. The van der Waals surface area contributed by atoms with Crippen molar-refractivity contribution < 1.29 is 22.4 Å². The minimum absolute atomic E-state index is 0.0607. The molecule has 0 saturated heterocycles. The SMILES string of the molecule is C[C@@H](c1n[nH]c(=O)c2cc(F)c(F)cc12)N(C)C(=O)c1cc2cc(F)c(F)cc2[nH]1. The van der Waals surface area contributed by atoms with Gasteiger partial charge in [-0.2, -0.15) is 5.10 Å².